The molecule has 0 radical (unpaired) electrons. The maximum Gasteiger partial charge on any atom is 0.323 e. The molecule has 4 amide bonds. The predicted octanol–water partition coefficient (Wildman–Crippen LogP) is 3.54. The Hall–Kier alpha value is -4.45. The number of hydrogen-bond donors (Lipinski definition) is 3. The average molecular weight is 541 g/mol. The van der Waals surface area contributed by atoms with E-state index >= 15 is 0 Å². The number of carboxylic acids is 1. The molecule has 0 aliphatic carbocycles. The fourth-order valence-electron chi connectivity index (χ4n) is 4.12. The molecule has 4 rings (SSSR count). The summed E-state index contributed by atoms with van der Waals surface area (Å²) in [7, 11) is 1.52. The van der Waals surface area contributed by atoms with Gasteiger partial charge in [-0.15, -0.1) is 11.3 Å². The standard InChI is InChI=1S/C26H25FN4O6S/c1-37-19-10-8-18(9-11-19)28-26(36)31-13-12-30(25(35)21-3-2-14-38-21)24(31)23(34)29-20(15-22(32)33)16-4-6-17(27)7-5-16/h2-11,14,20,24H,12-13,15H2,1H3,(H,28,36)(H,29,34)(H,32,33). The van der Waals surface area contributed by atoms with Gasteiger partial charge in [0.1, 0.15) is 11.6 Å². The van der Waals surface area contributed by atoms with Gasteiger partial charge in [0, 0.05) is 18.8 Å². The third-order valence-electron chi connectivity index (χ3n) is 5.97. The Kier molecular flexibility index (Phi) is 8.22. The molecule has 0 bridgehead atoms. The maximum atomic E-state index is 13.6. The van der Waals surface area contributed by atoms with E-state index in [9.17, 15) is 28.7 Å². The number of methoxy groups -OCH3 is 1. The van der Waals surface area contributed by atoms with Gasteiger partial charge in [0.2, 0.25) is 0 Å². The van der Waals surface area contributed by atoms with Crippen molar-refractivity contribution in [2.24, 2.45) is 0 Å². The molecule has 2 atom stereocenters. The van der Waals surface area contributed by atoms with Crippen LogP contribution in [0.2, 0.25) is 0 Å². The van der Waals surface area contributed by atoms with Crippen LogP contribution in [0.3, 0.4) is 0 Å². The van der Waals surface area contributed by atoms with E-state index in [1.54, 1.807) is 41.8 Å². The second-order valence-corrected chi connectivity index (χ2v) is 9.36. The highest BCUT2D eigenvalue weighted by Crippen LogP contribution is 2.25. The number of benzene rings is 2. The first-order valence-electron chi connectivity index (χ1n) is 11.6. The summed E-state index contributed by atoms with van der Waals surface area (Å²) in [6.45, 7) is 0.155. The van der Waals surface area contributed by atoms with Crippen molar-refractivity contribution in [3.8, 4) is 5.75 Å². The van der Waals surface area contributed by atoms with E-state index in [4.69, 9.17) is 4.74 Å². The molecule has 0 saturated carbocycles. The largest absolute Gasteiger partial charge is 0.497 e. The van der Waals surface area contributed by atoms with E-state index in [0.717, 1.165) is 12.1 Å². The molecule has 198 valence electrons. The van der Waals surface area contributed by atoms with Crippen LogP contribution in [0, 0.1) is 5.82 Å². The molecular formula is C26H25FN4O6S. The molecule has 3 N–H and O–H groups in total. The maximum absolute atomic E-state index is 13.6. The van der Waals surface area contributed by atoms with Crippen LogP contribution in [0.15, 0.2) is 66.0 Å². The third-order valence-corrected chi connectivity index (χ3v) is 6.83. The van der Waals surface area contributed by atoms with Gasteiger partial charge in [-0.25, -0.2) is 9.18 Å². The van der Waals surface area contributed by atoms with E-state index < -0.39 is 48.3 Å². The number of carbonyl (C=O) groups excluding carboxylic acids is 3. The summed E-state index contributed by atoms with van der Waals surface area (Å²) in [5.41, 5.74) is 0.818. The number of carbonyl (C=O) groups is 4. The number of halogens is 1. The minimum Gasteiger partial charge on any atom is -0.497 e. The number of ether oxygens (including phenoxy) is 1. The van der Waals surface area contributed by atoms with E-state index in [1.165, 1.54) is 40.4 Å². The summed E-state index contributed by atoms with van der Waals surface area (Å²) in [6.07, 6.45) is -1.83. The molecule has 3 aromatic rings. The Morgan fingerprint density at radius 2 is 1.74 bits per heavy atom. The summed E-state index contributed by atoms with van der Waals surface area (Å²) < 4.78 is 18.6. The zero-order valence-electron chi connectivity index (χ0n) is 20.3. The zero-order chi connectivity index (χ0) is 27.2. The monoisotopic (exact) mass is 540 g/mol. The van der Waals surface area contributed by atoms with Gasteiger partial charge in [0.15, 0.2) is 6.17 Å². The van der Waals surface area contributed by atoms with E-state index in [2.05, 4.69) is 10.6 Å². The topological polar surface area (TPSA) is 128 Å². The van der Waals surface area contributed by atoms with Crippen molar-refractivity contribution in [3.63, 3.8) is 0 Å². The number of hydrogen-bond acceptors (Lipinski definition) is 6. The molecular weight excluding hydrogens is 515 g/mol. The Bertz CT molecular complexity index is 1300. The number of aliphatic carboxylic acids is 1. The number of nitrogens with one attached hydrogen (secondary N) is 2. The average Bonchev–Trinajstić information content (AvgIpc) is 3.59. The Labute approximate surface area is 221 Å². The van der Waals surface area contributed by atoms with Gasteiger partial charge in [0.05, 0.1) is 24.4 Å². The molecule has 0 spiro atoms. The van der Waals surface area contributed by atoms with Crippen molar-refractivity contribution < 1.29 is 33.4 Å². The minimum absolute atomic E-state index is 0.0668. The number of nitrogens with zero attached hydrogens (tertiary/aromatic N) is 2. The van der Waals surface area contributed by atoms with Gasteiger partial charge in [0.25, 0.3) is 11.8 Å². The van der Waals surface area contributed by atoms with Gasteiger partial charge >= 0.3 is 12.0 Å². The lowest BCUT2D eigenvalue weighted by Crippen LogP contribution is -2.55. The van der Waals surface area contributed by atoms with Crippen molar-refractivity contribution in [1.29, 1.82) is 0 Å². The first kappa shape index (κ1) is 26.6. The SMILES string of the molecule is COc1ccc(NC(=O)N2CCN(C(=O)c3cccs3)C2C(=O)NC(CC(=O)O)c2ccc(F)cc2)cc1. The molecule has 12 heteroatoms. The zero-order valence-corrected chi connectivity index (χ0v) is 21.1. The van der Waals surface area contributed by atoms with Crippen LogP contribution in [0.4, 0.5) is 14.9 Å². The van der Waals surface area contributed by atoms with E-state index in [1.807, 2.05) is 0 Å². The number of urea groups is 1. The van der Waals surface area contributed by atoms with Crippen LogP contribution >= 0.6 is 11.3 Å². The normalized spacial score (nSPS) is 15.6. The molecule has 10 nitrogen and oxygen atoms in total. The summed E-state index contributed by atoms with van der Waals surface area (Å²) in [4.78, 5) is 54.5. The summed E-state index contributed by atoms with van der Waals surface area (Å²) in [6, 6.07) is 13.3. The molecule has 1 aromatic heterocycles. The third kappa shape index (κ3) is 6.09. The lowest BCUT2D eigenvalue weighted by Gasteiger charge is -2.30. The Balaban J connectivity index is 1.60. The highest BCUT2D eigenvalue weighted by Gasteiger charge is 2.44. The van der Waals surface area contributed by atoms with Gasteiger partial charge in [-0.1, -0.05) is 18.2 Å². The lowest BCUT2D eigenvalue weighted by molar-refractivity contribution is -0.138. The van der Waals surface area contributed by atoms with Gasteiger partial charge < -0.3 is 25.4 Å². The van der Waals surface area contributed by atoms with Crippen LogP contribution in [0.1, 0.15) is 27.7 Å². The first-order valence-corrected chi connectivity index (χ1v) is 12.5. The van der Waals surface area contributed by atoms with E-state index in [0.29, 0.717) is 21.9 Å². The molecule has 1 aliphatic heterocycles. The van der Waals surface area contributed by atoms with Gasteiger partial charge in [-0.3, -0.25) is 19.3 Å². The molecule has 1 aliphatic rings. The summed E-state index contributed by atoms with van der Waals surface area (Å²) in [5, 5.41) is 16.5. The quantitative estimate of drug-likeness (QED) is 0.401. The smallest absolute Gasteiger partial charge is 0.323 e. The van der Waals surface area contributed by atoms with Crippen molar-refractivity contribution in [2.75, 3.05) is 25.5 Å². The fraction of sp³-hybridized carbons (Fsp3) is 0.231. The summed E-state index contributed by atoms with van der Waals surface area (Å²) in [5.74, 6) is -2.28. The van der Waals surface area contributed by atoms with Crippen molar-refractivity contribution in [2.45, 2.75) is 18.6 Å². The highest BCUT2D eigenvalue weighted by molar-refractivity contribution is 7.12. The van der Waals surface area contributed by atoms with Crippen molar-refractivity contribution in [1.82, 2.24) is 15.1 Å². The van der Waals surface area contributed by atoms with Gasteiger partial charge in [-0.05, 0) is 53.4 Å². The highest BCUT2D eigenvalue weighted by atomic mass is 32.1. The fourth-order valence-corrected chi connectivity index (χ4v) is 4.80. The van der Waals surface area contributed by atoms with Crippen molar-refractivity contribution in [3.05, 3.63) is 82.3 Å². The van der Waals surface area contributed by atoms with E-state index in [-0.39, 0.29) is 13.1 Å². The predicted molar refractivity (Wildman–Crippen MR) is 137 cm³/mol. The Morgan fingerprint density at radius 3 is 2.34 bits per heavy atom. The number of rotatable bonds is 8. The number of amides is 4. The summed E-state index contributed by atoms with van der Waals surface area (Å²) >= 11 is 1.20. The van der Waals surface area contributed by atoms with Crippen LogP contribution in [-0.2, 0) is 9.59 Å². The molecule has 38 heavy (non-hydrogen) atoms. The molecule has 2 heterocycles. The molecule has 2 unspecified atom stereocenters. The second kappa shape index (κ2) is 11.7. The molecule has 1 saturated heterocycles. The molecule has 1 fully saturated rings. The lowest BCUT2D eigenvalue weighted by atomic mass is 10.0. The molecule has 2 aromatic carbocycles. The van der Waals surface area contributed by atoms with Crippen LogP contribution in [0.5, 0.6) is 5.75 Å². The number of thiophene rings is 1. The Morgan fingerprint density at radius 1 is 1.05 bits per heavy atom. The second-order valence-electron chi connectivity index (χ2n) is 8.41. The van der Waals surface area contributed by atoms with Crippen LogP contribution in [-0.4, -0.2) is 65.1 Å². The number of carboxylic acid groups (broad SMARTS) is 1. The van der Waals surface area contributed by atoms with Gasteiger partial charge in [-0.2, -0.15) is 0 Å². The number of anilines is 1. The van der Waals surface area contributed by atoms with Crippen LogP contribution < -0.4 is 15.4 Å². The minimum atomic E-state index is -1.35. The first-order chi connectivity index (χ1) is 18.3. The van der Waals surface area contributed by atoms with Crippen LogP contribution in [0.25, 0.3) is 0 Å². The van der Waals surface area contributed by atoms with Crippen molar-refractivity contribution >= 4 is 40.8 Å².